The summed E-state index contributed by atoms with van der Waals surface area (Å²) in [6.45, 7) is 9.22. The van der Waals surface area contributed by atoms with Crippen molar-refractivity contribution in [2.24, 2.45) is 17.6 Å². The van der Waals surface area contributed by atoms with Gasteiger partial charge < -0.3 is 20.7 Å². The van der Waals surface area contributed by atoms with E-state index in [4.69, 9.17) is 10.5 Å². The minimum Gasteiger partial charge on any atom is -0.364 e. The van der Waals surface area contributed by atoms with Gasteiger partial charge in [-0.15, -0.1) is 0 Å². The van der Waals surface area contributed by atoms with Gasteiger partial charge in [-0.2, -0.15) is 0 Å². The quantitative estimate of drug-likeness (QED) is 0.748. The minimum absolute atomic E-state index is 0.0447. The van der Waals surface area contributed by atoms with Crippen molar-refractivity contribution in [1.29, 1.82) is 0 Å². The number of nitrogens with one attached hydrogen (secondary N) is 1. The van der Waals surface area contributed by atoms with Crippen LogP contribution < -0.4 is 11.1 Å². The highest BCUT2D eigenvalue weighted by molar-refractivity contribution is 5.81. The molecule has 2 aliphatic heterocycles. The first-order valence-corrected chi connectivity index (χ1v) is 7.94. The van der Waals surface area contributed by atoms with Crippen LogP contribution in [-0.2, 0) is 9.53 Å². The number of nitrogens with two attached hydrogens (primary N) is 1. The first-order valence-electron chi connectivity index (χ1n) is 7.94. The van der Waals surface area contributed by atoms with Crippen LogP contribution in [0.25, 0.3) is 0 Å². The lowest BCUT2D eigenvalue weighted by Crippen LogP contribution is -2.38. The van der Waals surface area contributed by atoms with Crippen molar-refractivity contribution < 1.29 is 9.53 Å². The molecule has 0 saturated carbocycles. The molecule has 2 heterocycles. The number of amides is 1. The fraction of sp³-hybridized carbons (Fsp3) is 0.933. The van der Waals surface area contributed by atoms with Gasteiger partial charge in [-0.05, 0) is 37.6 Å². The van der Waals surface area contributed by atoms with Gasteiger partial charge in [0, 0.05) is 26.2 Å². The SMILES string of the molecule is CC(C)CN1CCC(CNC(=O)[C@@H]2CC[C@H](CN)O2)C1. The summed E-state index contributed by atoms with van der Waals surface area (Å²) >= 11 is 0. The maximum atomic E-state index is 12.0. The molecule has 20 heavy (non-hydrogen) atoms. The van der Waals surface area contributed by atoms with Crippen LogP contribution in [0.4, 0.5) is 0 Å². The largest absolute Gasteiger partial charge is 0.364 e. The molecule has 2 fully saturated rings. The highest BCUT2D eigenvalue weighted by atomic mass is 16.5. The van der Waals surface area contributed by atoms with Crippen molar-refractivity contribution in [3.05, 3.63) is 0 Å². The van der Waals surface area contributed by atoms with Gasteiger partial charge in [0.25, 0.3) is 0 Å². The Hall–Kier alpha value is -0.650. The Bertz CT molecular complexity index is 322. The second-order valence-corrected chi connectivity index (χ2v) is 6.61. The Labute approximate surface area is 122 Å². The molecule has 0 spiro atoms. The van der Waals surface area contributed by atoms with Crippen LogP contribution in [0.2, 0.25) is 0 Å². The van der Waals surface area contributed by atoms with Crippen LogP contribution in [0.15, 0.2) is 0 Å². The zero-order chi connectivity index (χ0) is 14.5. The van der Waals surface area contributed by atoms with E-state index >= 15 is 0 Å². The van der Waals surface area contributed by atoms with Crippen molar-refractivity contribution in [3.8, 4) is 0 Å². The number of hydrogen-bond donors (Lipinski definition) is 2. The summed E-state index contributed by atoms with van der Waals surface area (Å²) in [6, 6.07) is 0. The van der Waals surface area contributed by atoms with Crippen LogP contribution >= 0.6 is 0 Å². The summed E-state index contributed by atoms with van der Waals surface area (Å²) < 4.78 is 5.61. The Morgan fingerprint density at radius 2 is 2.20 bits per heavy atom. The van der Waals surface area contributed by atoms with E-state index in [0.29, 0.717) is 18.4 Å². The maximum Gasteiger partial charge on any atom is 0.249 e. The highest BCUT2D eigenvalue weighted by Gasteiger charge is 2.30. The number of likely N-dealkylation sites (tertiary alicyclic amines) is 1. The van der Waals surface area contributed by atoms with E-state index in [1.807, 2.05) is 0 Å². The maximum absolute atomic E-state index is 12.0. The fourth-order valence-corrected chi connectivity index (χ4v) is 3.19. The summed E-state index contributed by atoms with van der Waals surface area (Å²) in [5.41, 5.74) is 5.56. The Morgan fingerprint density at radius 1 is 1.40 bits per heavy atom. The zero-order valence-corrected chi connectivity index (χ0v) is 12.8. The number of carbonyl (C=O) groups excluding carboxylic acids is 1. The van der Waals surface area contributed by atoms with Gasteiger partial charge in [-0.3, -0.25) is 4.79 Å². The van der Waals surface area contributed by atoms with Gasteiger partial charge in [0.15, 0.2) is 0 Å². The van der Waals surface area contributed by atoms with E-state index in [0.717, 1.165) is 39.0 Å². The van der Waals surface area contributed by atoms with Gasteiger partial charge in [-0.25, -0.2) is 0 Å². The topological polar surface area (TPSA) is 67.6 Å². The normalized spacial score (nSPS) is 31.1. The smallest absolute Gasteiger partial charge is 0.249 e. The van der Waals surface area contributed by atoms with Crippen LogP contribution in [0, 0.1) is 11.8 Å². The van der Waals surface area contributed by atoms with Crippen LogP contribution in [-0.4, -0.2) is 55.7 Å². The summed E-state index contributed by atoms with van der Waals surface area (Å²) in [6.07, 6.45) is 2.68. The molecule has 116 valence electrons. The standard InChI is InChI=1S/C15H29N3O2/c1-11(2)9-18-6-5-12(10-18)8-17-15(19)14-4-3-13(7-16)20-14/h11-14H,3-10,16H2,1-2H3,(H,17,19)/t12?,13-,14+/m1/s1. The van der Waals surface area contributed by atoms with Crippen molar-refractivity contribution >= 4 is 5.91 Å². The molecule has 1 unspecified atom stereocenters. The number of ether oxygens (including phenoxy) is 1. The molecule has 2 saturated heterocycles. The summed E-state index contributed by atoms with van der Waals surface area (Å²) in [4.78, 5) is 14.5. The Morgan fingerprint density at radius 3 is 2.85 bits per heavy atom. The second kappa shape index (κ2) is 7.38. The summed E-state index contributed by atoms with van der Waals surface area (Å²) in [7, 11) is 0. The molecule has 2 aliphatic rings. The molecule has 5 nitrogen and oxygen atoms in total. The van der Waals surface area contributed by atoms with E-state index in [1.165, 1.54) is 6.42 Å². The predicted octanol–water partition coefficient (Wildman–Crippen LogP) is 0.587. The first-order chi connectivity index (χ1) is 9.58. The van der Waals surface area contributed by atoms with Gasteiger partial charge in [0.05, 0.1) is 6.10 Å². The molecule has 1 amide bonds. The van der Waals surface area contributed by atoms with Gasteiger partial charge in [0.1, 0.15) is 6.10 Å². The second-order valence-electron chi connectivity index (χ2n) is 6.61. The molecule has 0 aromatic carbocycles. The number of nitrogens with zero attached hydrogens (tertiary/aromatic N) is 1. The van der Waals surface area contributed by atoms with Gasteiger partial charge in [-0.1, -0.05) is 13.8 Å². The number of carbonyl (C=O) groups is 1. The van der Waals surface area contributed by atoms with Crippen LogP contribution in [0.1, 0.15) is 33.1 Å². The molecule has 5 heteroatoms. The lowest BCUT2D eigenvalue weighted by atomic mass is 10.1. The minimum atomic E-state index is -0.281. The molecular formula is C15H29N3O2. The molecule has 3 atom stereocenters. The first kappa shape index (κ1) is 15.7. The van der Waals surface area contributed by atoms with Crippen molar-refractivity contribution in [3.63, 3.8) is 0 Å². The van der Waals surface area contributed by atoms with E-state index in [9.17, 15) is 4.79 Å². The highest BCUT2D eigenvalue weighted by Crippen LogP contribution is 2.20. The monoisotopic (exact) mass is 283 g/mol. The number of rotatable bonds is 6. The average Bonchev–Trinajstić information content (AvgIpc) is 3.04. The van der Waals surface area contributed by atoms with Crippen molar-refractivity contribution in [2.75, 3.05) is 32.7 Å². The third-order valence-corrected chi connectivity index (χ3v) is 4.22. The molecule has 0 aromatic rings. The zero-order valence-electron chi connectivity index (χ0n) is 12.8. The average molecular weight is 283 g/mol. The van der Waals surface area contributed by atoms with Crippen molar-refractivity contribution in [1.82, 2.24) is 10.2 Å². The molecule has 0 aliphatic carbocycles. The predicted molar refractivity (Wildman–Crippen MR) is 79.3 cm³/mol. The Kier molecular flexibility index (Phi) is 5.81. The Balaban J connectivity index is 1.65. The third kappa shape index (κ3) is 4.43. The lowest BCUT2D eigenvalue weighted by molar-refractivity contribution is -0.132. The lowest BCUT2D eigenvalue weighted by Gasteiger charge is -2.19. The van der Waals surface area contributed by atoms with Gasteiger partial charge >= 0.3 is 0 Å². The van der Waals surface area contributed by atoms with E-state index in [1.54, 1.807) is 0 Å². The molecule has 0 aromatic heterocycles. The molecule has 3 N–H and O–H groups in total. The summed E-state index contributed by atoms with van der Waals surface area (Å²) in [5, 5.41) is 3.05. The third-order valence-electron chi connectivity index (χ3n) is 4.22. The van der Waals surface area contributed by atoms with E-state index in [2.05, 4.69) is 24.1 Å². The molecular weight excluding hydrogens is 254 g/mol. The molecule has 0 bridgehead atoms. The van der Waals surface area contributed by atoms with Crippen molar-refractivity contribution in [2.45, 2.75) is 45.3 Å². The van der Waals surface area contributed by atoms with Crippen LogP contribution in [0.3, 0.4) is 0 Å². The van der Waals surface area contributed by atoms with E-state index < -0.39 is 0 Å². The molecule has 2 rings (SSSR count). The fourth-order valence-electron chi connectivity index (χ4n) is 3.19. The summed E-state index contributed by atoms with van der Waals surface area (Å²) in [5.74, 6) is 1.34. The molecule has 0 radical (unpaired) electrons. The van der Waals surface area contributed by atoms with Crippen LogP contribution in [0.5, 0.6) is 0 Å². The number of hydrogen-bond acceptors (Lipinski definition) is 4. The van der Waals surface area contributed by atoms with E-state index in [-0.39, 0.29) is 18.1 Å². The van der Waals surface area contributed by atoms with Gasteiger partial charge in [0.2, 0.25) is 5.91 Å².